The molecule has 34 heavy (non-hydrogen) atoms. The Labute approximate surface area is 192 Å². The van der Waals surface area contributed by atoms with Crippen molar-refractivity contribution in [3.05, 3.63) is 117 Å². The molecule has 0 aliphatic carbocycles. The van der Waals surface area contributed by atoms with Crippen molar-refractivity contribution in [2.75, 3.05) is 5.32 Å². The lowest BCUT2D eigenvalue weighted by Crippen LogP contribution is -2.17. The molecule has 0 fully saturated rings. The Kier molecular flexibility index (Phi) is 6.17. The number of nitro benzene ring substituents is 1. The number of nitro groups is 2. The fourth-order valence-corrected chi connectivity index (χ4v) is 3.28. The molecule has 0 bridgehead atoms. The maximum Gasteiger partial charge on any atom is 0.345 e. The van der Waals surface area contributed by atoms with Crippen LogP contribution in [-0.2, 0) is 0 Å². The number of aromatic nitrogens is 2. The molecule has 0 spiro atoms. The van der Waals surface area contributed by atoms with Crippen molar-refractivity contribution >= 4 is 23.2 Å². The molecule has 11 heteroatoms. The minimum Gasteiger partial charge on any atom is -0.358 e. The van der Waals surface area contributed by atoms with Crippen LogP contribution in [0.4, 0.5) is 22.0 Å². The van der Waals surface area contributed by atoms with E-state index < -0.39 is 15.9 Å². The minimum atomic E-state index is -0.790. The van der Waals surface area contributed by atoms with E-state index in [1.54, 1.807) is 48.7 Å². The number of urea groups is 1. The van der Waals surface area contributed by atoms with Crippen LogP contribution >= 0.6 is 0 Å². The Morgan fingerprint density at radius 2 is 1.65 bits per heavy atom. The predicted molar refractivity (Wildman–Crippen MR) is 123 cm³/mol. The van der Waals surface area contributed by atoms with E-state index in [-0.39, 0.29) is 16.9 Å². The number of pyridine rings is 2. The molecule has 2 heterocycles. The fourth-order valence-electron chi connectivity index (χ4n) is 3.28. The highest BCUT2D eigenvalue weighted by molar-refractivity contribution is 5.90. The van der Waals surface area contributed by atoms with Gasteiger partial charge in [-0.3, -0.25) is 15.1 Å². The summed E-state index contributed by atoms with van der Waals surface area (Å²) in [6.07, 6.45) is 3.06. The van der Waals surface area contributed by atoms with Crippen LogP contribution in [0.2, 0.25) is 0 Å². The van der Waals surface area contributed by atoms with Gasteiger partial charge in [0.15, 0.2) is 5.69 Å². The van der Waals surface area contributed by atoms with Crippen molar-refractivity contribution in [1.82, 2.24) is 9.55 Å². The smallest absolute Gasteiger partial charge is 0.345 e. The van der Waals surface area contributed by atoms with Gasteiger partial charge in [0.25, 0.3) is 5.69 Å². The zero-order valence-corrected chi connectivity index (χ0v) is 17.4. The standard InChI is InChI=1S/C23H16N6O5/c30-23(25-17-8-10-19(11-9-17)28(31)32)26-18-13-21(16-5-2-1-3-6-16)27(22(14-18)29(33)34)20-7-4-12-24-15-20/h1-15H,(H,25,30). The van der Waals surface area contributed by atoms with E-state index >= 15 is 0 Å². The van der Waals surface area contributed by atoms with Crippen LogP contribution in [0, 0.1) is 20.2 Å². The molecule has 2 aromatic heterocycles. The van der Waals surface area contributed by atoms with Gasteiger partial charge >= 0.3 is 11.8 Å². The second kappa shape index (κ2) is 9.53. The van der Waals surface area contributed by atoms with Crippen LogP contribution < -0.4 is 10.7 Å². The Morgan fingerprint density at radius 1 is 0.912 bits per heavy atom. The van der Waals surface area contributed by atoms with E-state index in [9.17, 15) is 25.0 Å². The lowest BCUT2D eigenvalue weighted by molar-refractivity contribution is -0.391. The third-order valence-corrected chi connectivity index (χ3v) is 4.75. The third-order valence-electron chi connectivity index (χ3n) is 4.75. The highest BCUT2D eigenvalue weighted by Crippen LogP contribution is 2.26. The first-order chi connectivity index (χ1) is 16.4. The molecular weight excluding hydrogens is 440 g/mol. The van der Waals surface area contributed by atoms with Gasteiger partial charge in [-0.15, -0.1) is 0 Å². The van der Waals surface area contributed by atoms with E-state index in [1.807, 2.05) is 6.07 Å². The van der Waals surface area contributed by atoms with E-state index in [0.29, 0.717) is 22.6 Å². The Morgan fingerprint density at radius 3 is 2.26 bits per heavy atom. The Balaban J connectivity index is 1.81. The van der Waals surface area contributed by atoms with Crippen LogP contribution in [0.5, 0.6) is 0 Å². The molecule has 0 saturated carbocycles. The third kappa shape index (κ3) is 4.83. The van der Waals surface area contributed by atoms with Gasteiger partial charge in [-0.2, -0.15) is 9.56 Å². The summed E-state index contributed by atoms with van der Waals surface area (Å²) in [6, 6.07) is 19.5. The summed E-state index contributed by atoms with van der Waals surface area (Å²) in [4.78, 5) is 42.1. The maximum atomic E-state index is 12.5. The summed E-state index contributed by atoms with van der Waals surface area (Å²) in [6.45, 7) is 0. The molecule has 2 aromatic carbocycles. The molecule has 0 atom stereocenters. The van der Waals surface area contributed by atoms with Crippen LogP contribution in [0.3, 0.4) is 0 Å². The van der Waals surface area contributed by atoms with Gasteiger partial charge < -0.3 is 15.4 Å². The normalized spacial score (nSPS) is 11.1. The molecule has 4 rings (SSSR count). The molecule has 0 unspecified atom stereocenters. The number of amides is 2. The topological polar surface area (TPSA) is 146 Å². The minimum absolute atomic E-state index is 0.0603. The quantitative estimate of drug-likeness (QED) is 0.346. The molecule has 0 saturated heterocycles. The Hall–Kier alpha value is -5.19. The van der Waals surface area contributed by atoms with Crippen LogP contribution in [0.25, 0.3) is 16.9 Å². The first kappa shape index (κ1) is 22.0. The van der Waals surface area contributed by atoms with Gasteiger partial charge in [-0.1, -0.05) is 30.3 Å². The van der Waals surface area contributed by atoms with Crippen molar-refractivity contribution in [3.8, 4) is 16.9 Å². The first-order valence-corrected chi connectivity index (χ1v) is 9.90. The second-order valence-electron chi connectivity index (χ2n) is 6.97. The molecular formula is C23H16N6O5. The highest BCUT2D eigenvalue weighted by Gasteiger charge is 2.21. The summed E-state index contributed by atoms with van der Waals surface area (Å²) >= 11 is 0. The SMILES string of the molecule is O=C(N=c1cc(-c2ccccc2)n(-c2cccnc2)c([N+](=O)[O-])c1)Nc1ccc([N+](=O)[O-])cc1. The van der Waals surface area contributed by atoms with Gasteiger partial charge in [0.2, 0.25) is 0 Å². The first-order valence-electron chi connectivity index (χ1n) is 9.90. The number of rotatable bonds is 5. The molecule has 2 amide bonds. The van der Waals surface area contributed by atoms with Crippen LogP contribution in [0.15, 0.2) is 96.2 Å². The summed E-state index contributed by atoms with van der Waals surface area (Å²) in [5.41, 5.74) is 1.74. The van der Waals surface area contributed by atoms with E-state index in [0.717, 1.165) is 0 Å². The van der Waals surface area contributed by atoms with Gasteiger partial charge in [-0.25, -0.2) is 4.79 Å². The van der Waals surface area contributed by atoms with Crippen LogP contribution in [-0.4, -0.2) is 25.4 Å². The summed E-state index contributed by atoms with van der Waals surface area (Å²) in [5, 5.41) is 25.3. The summed E-state index contributed by atoms with van der Waals surface area (Å²) < 4.78 is 1.43. The number of nitrogens with zero attached hydrogens (tertiary/aromatic N) is 5. The molecule has 0 radical (unpaired) electrons. The number of non-ortho nitro benzene ring substituents is 1. The zero-order chi connectivity index (χ0) is 24.1. The number of carbonyl (C=O) groups is 1. The lowest BCUT2D eigenvalue weighted by atomic mass is 10.1. The van der Waals surface area contributed by atoms with Crippen molar-refractivity contribution < 1.29 is 14.6 Å². The van der Waals surface area contributed by atoms with Gasteiger partial charge in [0.05, 0.1) is 22.5 Å². The van der Waals surface area contributed by atoms with E-state index in [4.69, 9.17) is 0 Å². The average molecular weight is 456 g/mol. The lowest BCUT2D eigenvalue weighted by Gasteiger charge is -2.11. The monoisotopic (exact) mass is 456 g/mol. The Bertz CT molecular complexity index is 1430. The van der Waals surface area contributed by atoms with Crippen LogP contribution in [0.1, 0.15) is 0 Å². The summed E-state index contributed by atoms with van der Waals surface area (Å²) in [5.74, 6) is -0.309. The molecule has 11 nitrogen and oxygen atoms in total. The average Bonchev–Trinajstić information content (AvgIpc) is 2.85. The largest absolute Gasteiger partial charge is 0.358 e. The number of anilines is 1. The highest BCUT2D eigenvalue weighted by atomic mass is 16.6. The second-order valence-corrected chi connectivity index (χ2v) is 6.97. The number of hydrogen-bond donors (Lipinski definition) is 1. The van der Waals surface area contributed by atoms with E-state index in [1.165, 1.54) is 41.1 Å². The molecule has 168 valence electrons. The van der Waals surface area contributed by atoms with Crippen molar-refractivity contribution in [3.63, 3.8) is 0 Å². The number of benzene rings is 2. The zero-order valence-electron chi connectivity index (χ0n) is 17.4. The van der Waals surface area contributed by atoms with Gasteiger partial charge in [0.1, 0.15) is 5.69 Å². The number of carbonyl (C=O) groups excluding carboxylic acids is 1. The molecule has 1 N–H and O–H groups in total. The fraction of sp³-hybridized carbons (Fsp3) is 0. The predicted octanol–water partition coefficient (Wildman–Crippen LogP) is 4.49. The maximum absolute atomic E-state index is 12.5. The number of hydrogen-bond acceptors (Lipinski definition) is 6. The molecule has 0 aliphatic heterocycles. The molecule has 0 aliphatic rings. The van der Waals surface area contributed by atoms with Crippen molar-refractivity contribution in [2.45, 2.75) is 0 Å². The van der Waals surface area contributed by atoms with Crippen molar-refractivity contribution in [2.24, 2.45) is 4.99 Å². The summed E-state index contributed by atoms with van der Waals surface area (Å²) in [7, 11) is 0. The number of nitrogens with one attached hydrogen (secondary N) is 1. The van der Waals surface area contributed by atoms with Gasteiger partial charge in [-0.05, 0) is 29.2 Å². The van der Waals surface area contributed by atoms with Gasteiger partial charge in [0, 0.05) is 35.6 Å². The van der Waals surface area contributed by atoms with Crippen molar-refractivity contribution in [1.29, 1.82) is 0 Å². The van der Waals surface area contributed by atoms with E-state index in [2.05, 4.69) is 15.3 Å². The molecule has 4 aromatic rings.